The van der Waals surface area contributed by atoms with Crippen molar-refractivity contribution < 1.29 is 13.9 Å². The summed E-state index contributed by atoms with van der Waals surface area (Å²) in [6.45, 7) is 0.573. The Labute approximate surface area is 110 Å². The van der Waals surface area contributed by atoms with E-state index in [1.165, 1.54) is 19.2 Å². The molecular formula is C13H15ClFNO2. The van der Waals surface area contributed by atoms with Crippen LogP contribution in [0.4, 0.5) is 4.39 Å². The van der Waals surface area contributed by atoms with Crippen LogP contribution in [0.25, 0.3) is 0 Å². The van der Waals surface area contributed by atoms with Crippen LogP contribution in [0, 0.1) is 5.82 Å². The molecule has 5 heteroatoms. The third kappa shape index (κ3) is 2.35. The Morgan fingerprint density at radius 1 is 1.50 bits per heavy atom. The Morgan fingerprint density at radius 2 is 2.28 bits per heavy atom. The summed E-state index contributed by atoms with van der Waals surface area (Å²) in [6.07, 6.45) is 0.206. The van der Waals surface area contributed by atoms with Crippen molar-refractivity contribution in [3.05, 3.63) is 35.6 Å². The molecule has 1 heterocycles. The van der Waals surface area contributed by atoms with E-state index < -0.39 is 6.10 Å². The quantitative estimate of drug-likeness (QED) is 0.608. The van der Waals surface area contributed by atoms with Crippen molar-refractivity contribution in [2.75, 3.05) is 19.5 Å². The molecule has 18 heavy (non-hydrogen) atoms. The summed E-state index contributed by atoms with van der Waals surface area (Å²) in [5.74, 6) is 0.132. The fraction of sp³-hybridized carbons (Fsp3) is 0.462. The number of β-lactam (4-membered cyclic amide) rings is 1. The van der Waals surface area contributed by atoms with Gasteiger partial charge in [0, 0.05) is 19.5 Å². The molecule has 0 radical (unpaired) electrons. The molecule has 1 saturated heterocycles. The van der Waals surface area contributed by atoms with Gasteiger partial charge in [-0.2, -0.15) is 0 Å². The van der Waals surface area contributed by atoms with Crippen molar-refractivity contribution >= 4 is 17.5 Å². The number of likely N-dealkylation sites (tertiary alicyclic amines) is 1. The minimum atomic E-state index is -0.512. The van der Waals surface area contributed by atoms with Crippen molar-refractivity contribution in [2.24, 2.45) is 0 Å². The van der Waals surface area contributed by atoms with E-state index in [0.717, 1.165) is 12.0 Å². The second-order valence-corrected chi connectivity index (χ2v) is 4.61. The van der Waals surface area contributed by atoms with E-state index in [9.17, 15) is 9.18 Å². The number of hydrogen-bond acceptors (Lipinski definition) is 2. The molecule has 0 aliphatic carbocycles. The normalized spacial score (nSPS) is 23.1. The fourth-order valence-electron chi connectivity index (χ4n) is 2.27. The first-order chi connectivity index (χ1) is 8.69. The van der Waals surface area contributed by atoms with Gasteiger partial charge >= 0.3 is 0 Å². The summed E-state index contributed by atoms with van der Waals surface area (Å²) in [5, 5.41) is 0. The van der Waals surface area contributed by atoms with Crippen LogP contribution in [0.5, 0.6) is 0 Å². The second kappa shape index (κ2) is 5.67. The lowest BCUT2D eigenvalue weighted by molar-refractivity contribution is -0.171. The molecule has 1 amide bonds. The number of alkyl halides is 1. The second-order valence-electron chi connectivity index (χ2n) is 4.23. The highest BCUT2D eigenvalue weighted by atomic mass is 35.5. The van der Waals surface area contributed by atoms with Gasteiger partial charge in [-0.3, -0.25) is 4.79 Å². The highest BCUT2D eigenvalue weighted by Crippen LogP contribution is 2.36. The lowest BCUT2D eigenvalue weighted by Gasteiger charge is -2.46. The Morgan fingerprint density at radius 3 is 2.89 bits per heavy atom. The maximum atomic E-state index is 13.2. The van der Waals surface area contributed by atoms with Crippen molar-refractivity contribution in [1.82, 2.24) is 4.90 Å². The number of hydrogen-bond donors (Lipinski definition) is 0. The van der Waals surface area contributed by atoms with Crippen LogP contribution in [0.1, 0.15) is 18.0 Å². The summed E-state index contributed by atoms with van der Waals surface area (Å²) in [4.78, 5) is 13.5. The summed E-state index contributed by atoms with van der Waals surface area (Å²) >= 11 is 5.63. The molecule has 1 fully saturated rings. The molecule has 1 aromatic rings. The van der Waals surface area contributed by atoms with E-state index in [1.807, 2.05) is 0 Å². The number of amides is 1. The molecule has 1 aliphatic rings. The Kier molecular flexibility index (Phi) is 4.19. The maximum Gasteiger partial charge on any atom is 0.254 e. The Balaban J connectivity index is 2.19. The molecule has 0 saturated carbocycles. The first kappa shape index (κ1) is 13.3. The van der Waals surface area contributed by atoms with E-state index in [1.54, 1.807) is 17.0 Å². The standard InChI is InChI=1S/C13H15ClFNO2/c1-18-12-11(9-4-2-5-10(15)8-9)16(13(12)17)7-3-6-14/h2,4-5,8,11-12H,3,6-7H2,1H3/t11-,12+/m0/s1. The topological polar surface area (TPSA) is 29.5 Å². The molecule has 0 N–H and O–H groups in total. The molecule has 2 rings (SSSR count). The molecule has 0 spiro atoms. The van der Waals surface area contributed by atoms with Gasteiger partial charge in [0.15, 0.2) is 6.10 Å². The number of benzene rings is 1. The largest absolute Gasteiger partial charge is 0.369 e. The first-order valence-corrected chi connectivity index (χ1v) is 6.37. The summed E-state index contributed by atoms with van der Waals surface area (Å²) in [6, 6.07) is 6.06. The zero-order valence-electron chi connectivity index (χ0n) is 10.1. The highest BCUT2D eigenvalue weighted by molar-refractivity contribution is 6.17. The fourth-order valence-corrected chi connectivity index (χ4v) is 2.39. The minimum absolute atomic E-state index is 0.0584. The molecule has 0 aromatic heterocycles. The van der Waals surface area contributed by atoms with E-state index in [-0.39, 0.29) is 17.8 Å². The molecule has 98 valence electrons. The molecule has 0 bridgehead atoms. The Hall–Kier alpha value is -1.13. The minimum Gasteiger partial charge on any atom is -0.369 e. The van der Waals surface area contributed by atoms with Gasteiger partial charge in [0.05, 0.1) is 6.04 Å². The third-order valence-corrected chi connectivity index (χ3v) is 3.39. The molecule has 0 unspecified atom stereocenters. The van der Waals surface area contributed by atoms with Crippen molar-refractivity contribution in [1.29, 1.82) is 0 Å². The van der Waals surface area contributed by atoms with Crippen LogP contribution in [0.3, 0.4) is 0 Å². The van der Waals surface area contributed by atoms with Crippen molar-refractivity contribution in [3.8, 4) is 0 Å². The number of halogens is 2. The van der Waals surface area contributed by atoms with Gasteiger partial charge in [0.1, 0.15) is 5.82 Å². The summed E-state index contributed by atoms with van der Waals surface area (Å²) < 4.78 is 18.4. The average Bonchev–Trinajstić information content (AvgIpc) is 2.36. The van der Waals surface area contributed by atoms with Crippen LogP contribution < -0.4 is 0 Å². The van der Waals surface area contributed by atoms with Gasteiger partial charge in [-0.05, 0) is 24.1 Å². The molecule has 2 atom stereocenters. The average molecular weight is 272 g/mol. The molecule has 1 aliphatic heterocycles. The van der Waals surface area contributed by atoms with Crippen LogP contribution >= 0.6 is 11.6 Å². The van der Waals surface area contributed by atoms with Crippen molar-refractivity contribution in [2.45, 2.75) is 18.6 Å². The number of ether oxygens (including phenoxy) is 1. The van der Waals surface area contributed by atoms with E-state index in [0.29, 0.717) is 12.4 Å². The van der Waals surface area contributed by atoms with Gasteiger partial charge in [-0.15, -0.1) is 11.6 Å². The first-order valence-electron chi connectivity index (χ1n) is 5.83. The summed E-state index contributed by atoms with van der Waals surface area (Å²) in [5.41, 5.74) is 0.760. The number of methoxy groups -OCH3 is 1. The smallest absolute Gasteiger partial charge is 0.254 e. The summed E-state index contributed by atoms with van der Waals surface area (Å²) in [7, 11) is 1.49. The van der Waals surface area contributed by atoms with Crippen molar-refractivity contribution in [3.63, 3.8) is 0 Å². The lowest BCUT2D eigenvalue weighted by Crippen LogP contribution is -2.59. The van der Waals surface area contributed by atoms with Crippen LogP contribution in [-0.2, 0) is 9.53 Å². The predicted octanol–water partition coefficient (Wildman–Crippen LogP) is 2.35. The van der Waals surface area contributed by atoms with Crippen LogP contribution in [0.15, 0.2) is 24.3 Å². The van der Waals surface area contributed by atoms with Gasteiger partial charge in [0.25, 0.3) is 5.91 Å². The third-order valence-electron chi connectivity index (χ3n) is 3.13. The van der Waals surface area contributed by atoms with E-state index in [2.05, 4.69) is 0 Å². The zero-order valence-corrected chi connectivity index (χ0v) is 10.9. The highest BCUT2D eigenvalue weighted by Gasteiger charge is 2.48. The monoisotopic (exact) mass is 271 g/mol. The number of carbonyl (C=O) groups excluding carboxylic acids is 1. The van der Waals surface area contributed by atoms with Gasteiger partial charge in [-0.1, -0.05) is 12.1 Å². The number of rotatable bonds is 5. The molecule has 3 nitrogen and oxygen atoms in total. The maximum absolute atomic E-state index is 13.2. The Bertz CT molecular complexity index is 441. The zero-order chi connectivity index (χ0) is 13.1. The van der Waals surface area contributed by atoms with E-state index >= 15 is 0 Å². The lowest BCUT2D eigenvalue weighted by atomic mass is 9.90. The van der Waals surface area contributed by atoms with Crippen LogP contribution in [-0.4, -0.2) is 36.4 Å². The number of nitrogens with zero attached hydrogens (tertiary/aromatic N) is 1. The van der Waals surface area contributed by atoms with Gasteiger partial charge in [-0.25, -0.2) is 4.39 Å². The predicted molar refractivity (Wildman–Crippen MR) is 67.0 cm³/mol. The molecular weight excluding hydrogens is 257 g/mol. The van der Waals surface area contributed by atoms with E-state index in [4.69, 9.17) is 16.3 Å². The molecule has 1 aromatic carbocycles. The van der Waals surface area contributed by atoms with Crippen LogP contribution in [0.2, 0.25) is 0 Å². The number of carbonyl (C=O) groups is 1. The van der Waals surface area contributed by atoms with Gasteiger partial charge < -0.3 is 9.64 Å². The SMILES string of the molecule is CO[C@H]1C(=O)N(CCCCl)[C@H]1c1cccc(F)c1. The van der Waals surface area contributed by atoms with Gasteiger partial charge in [0.2, 0.25) is 0 Å².